The van der Waals surface area contributed by atoms with Gasteiger partial charge in [0.05, 0.1) is 6.33 Å². The van der Waals surface area contributed by atoms with E-state index in [1.165, 1.54) is 6.33 Å². The maximum atomic E-state index is 11.5. The van der Waals surface area contributed by atoms with Gasteiger partial charge >= 0.3 is 0 Å². The van der Waals surface area contributed by atoms with Gasteiger partial charge in [-0.05, 0) is 48.3 Å². The minimum absolute atomic E-state index is 0.0741. The number of anilines is 1. The van der Waals surface area contributed by atoms with Gasteiger partial charge in [-0.15, -0.1) is 0 Å². The lowest BCUT2D eigenvalue weighted by Gasteiger charge is -2.34. The monoisotopic (exact) mass is 348 g/mol. The lowest BCUT2D eigenvalue weighted by molar-refractivity contribution is 0.383. The van der Waals surface area contributed by atoms with Crippen LogP contribution in [-0.2, 0) is 0 Å². The highest BCUT2D eigenvalue weighted by Gasteiger charge is 2.24. The summed E-state index contributed by atoms with van der Waals surface area (Å²) in [5.41, 5.74) is 5.83. The van der Waals surface area contributed by atoms with Crippen molar-refractivity contribution in [3.05, 3.63) is 20.3 Å². The van der Waals surface area contributed by atoms with Crippen LogP contribution in [0.4, 0.5) is 5.82 Å². The smallest absolute Gasteiger partial charge is 0.266 e. The van der Waals surface area contributed by atoms with Crippen molar-refractivity contribution in [2.75, 3.05) is 11.9 Å². The van der Waals surface area contributed by atoms with Gasteiger partial charge in [-0.25, -0.2) is 4.98 Å². The van der Waals surface area contributed by atoms with Gasteiger partial charge in [0, 0.05) is 19.1 Å². The van der Waals surface area contributed by atoms with Crippen LogP contribution in [0.15, 0.2) is 11.1 Å². The van der Waals surface area contributed by atoms with Crippen molar-refractivity contribution in [3.63, 3.8) is 0 Å². The first-order valence-electron chi connectivity index (χ1n) is 5.81. The third-order valence-electron chi connectivity index (χ3n) is 3.40. The average Bonchev–Trinajstić information content (AvgIpc) is 2.33. The predicted molar refractivity (Wildman–Crippen MR) is 76.2 cm³/mol. The third-order valence-corrected chi connectivity index (χ3v) is 4.37. The topological polar surface area (TPSA) is 75.0 Å². The van der Waals surface area contributed by atoms with Crippen molar-refractivity contribution in [1.29, 1.82) is 0 Å². The van der Waals surface area contributed by atoms with E-state index in [0.29, 0.717) is 15.7 Å². The number of nitrogens with zero attached hydrogens (tertiary/aromatic N) is 2. The highest BCUT2D eigenvalue weighted by molar-refractivity contribution is 14.1. The molecule has 1 fully saturated rings. The second-order valence-electron chi connectivity index (χ2n) is 4.55. The molecular weight excluding hydrogens is 331 g/mol. The predicted octanol–water partition coefficient (Wildman–Crippen LogP) is 1.08. The Labute approximate surface area is 114 Å². The summed E-state index contributed by atoms with van der Waals surface area (Å²) in [4.78, 5) is 20.5. The minimum Gasteiger partial charge on any atom is -0.356 e. The Bertz CT molecular complexity index is 439. The standard InChI is InChI=1S/C11H17IN4O/c1-16(8-4-2-7(13)3-5-8)10-9(12)11(17)15-6-14-10/h6-8H,2-5,13H2,1H3,(H,14,15,17). The fourth-order valence-electron chi connectivity index (χ4n) is 2.28. The SMILES string of the molecule is CN(c1nc[nH]c(=O)c1I)C1CCC(N)CC1. The summed E-state index contributed by atoms with van der Waals surface area (Å²) in [7, 11) is 2.01. The quantitative estimate of drug-likeness (QED) is 0.785. The summed E-state index contributed by atoms with van der Waals surface area (Å²) in [6.07, 6.45) is 5.71. The van der Waals surface area contributed by atoms with Crippen molar-refractivity contribution in [3.8, 4) is 0 Å². The number of rotatable bonds is 2. The van der Waals surface area contributed by atoms with E-state index in [1.807, 2.05) is 29.6 Å². The first kappa shape index (κ1) is 12.8. The molecule has 0 saturated heterocycles. The number of nitrogens with two attached hydrogens (primary N) is 1. The van der Waals surface area contributed by atoms with Crippen LogP contribution in [-0.4, -0.2) is 29.1 Å². The van der Waals surface area contributed by atoms with Gasteiger partial charge in [0.1, 0.15) is 9.39 Å². The lowest BCUT2D eigenvalue weighted by Crippen LogP contribution is -2.40. The van der Waals surface area contributed by atoms with Gasteiger partial charge in [-0.1, -0.05) is 0 Å². The Kier molecular flexibility index (Phi) is 4.03. The molecule has 17 heavy (non-hydrogen) atoms. The lowest BCUT2D eigenvalue weighted by atomic mass is 9.91. The second-order valence-corrected chi connectivity index (χ2v) is 5.63. The number of hydrogen-bond donors (Lipinski definition) is 2. The molecule has 3 N–H and O–H groups in total. The van der Waals surface area contributed by atoms with Crippen LogP contribution in [0, 0.1) is 3.57 Å². The summed E-state index contributed by atoms with van der Waals surface area (Å²) >= 11 is 2.05. The van der Waals surface area contributed by atoms with Gasteiger partial charge in [0.2, 0.25) is 0 Å². The van der Waals surface area contributed by atoms with E-state index in [0.717, 1.165) is 31.5 Å². The van der Waals surface area contributed by atoms with Gasteiger partial charge in [-0.2, -0.15) is 0 Å². The van der Waals surface area contributed by atoms with Crippen molar-refractivity contribution in [2.45, 2.75) is 37.8 Å². The molecule has 0 spiro atoms. The molecule has 1 aromatic rings. The number of halogens is 1. The van der Waals surface area contributed by atoms with Crippen molar-refractivity contribution in [2.24, 2.45) is 5.73 Å². The molecule has 0 atom stereocenters. The zero-order valence-electron chi connectivity index (χ0n) is 9.82. The van der Waals surface area contributed by atoms with E-state index in [-0.39, 0.29) is 5.56 Å². The maximum Gasteiger partial charge on any atom is 0.266 e. The van der Waals surface area contributed by atoms with Crippen molar-refractivity contribution in [1.82, 2.24) is 9.97 Å². The van der Waals surface area contributed by atoms with E-state index >= 15 is 0 Å². The first-order valence-corrected chi connectivity index (χ1v) is 6.89. The summed E-state index contributed by atoms with van der Waals surface area (Å²) in [6, 6.07) is 0.781. The summed E-state index contributed by atoms with van der Waals surface area (Å²) in [6.45, 7) is 0. The van der Waals surface area contributed by atoms with Crippen LogP contribution in [0.25, 0.3) is 0 Å². The van der Waals surface area contributed by atoms with Gasteiger partial charge in [0.25, 0.3) is 5.56 Å². The highest BCUT2D eigenvalue weighted by Crippen LogP contribution is 2.25. The van der Waals surface area contributed by atoms with Crippen molar-refractivity contribution >= 4 is 28.4 Å². The van der Waals surface area contributed by atoms with Crippen LogP contribution in [0.2, 0.25) is 0 Å². The third kappa shape index (κ3) is 2.79. The Hall–Kier alpha value is -0.630. The minimum atomic E-state index is -0.0741. The maximum absolute atomic E-state index is 11.5. The molecule has 94 valence electrons. The Morgan fingerprint density at radius 3 is 2.76 bits per heavy atom. The van der Waals surface area contributed by atoms with Gasteiger partial charge < -0.3 is 15.6 Å². The summed E-state index contributed by atoms with van der Waals surface area (Å²) in [5.74, 6) is 0.773. The molecule has 5 nitrogen and oxygen atoms in total. The zero-order valence-corrected chi connectivity index (χ0v) is 12.0. The molecule has 0 amide bonds. The summed E-state index contributed by atoms with van der Waals surface area (Å²) in [5, 5.41) is 0. The first-order chi connectivity index (χ1) is 8.09. The molecule has 1 saturated carbocycles. The van der Waals surface area contributed by atoms with Gasteiger partial charge in [-0.3, -0.25) is 4.79 Å². The molecular formula is C11H17IN4O. The number of hydrogen-bond acceptors (Lipinski definition) is 4. The molecule has 0 aliphatic heterocycles. The molecule has 1 heterocycles. The molecule has 6 heteroatoms. The number of aromatic nitrogens is 2. The van der Waals surface area contributed by atoms with Gasteiger partial charge in [0.15, 0.2) is 0 Å². The van der Waals surface area contributed by atoms with E-state index in [9.17, 15) is 4.79 Å². The Morgan fingerprint density at radius 2 is 2.12 bits per heavy atom. The fourth-order valence-corrected chi connectivity index (χ4v) is 2.96. The number of nitrogens with one attached hydrogen (secondary N) is 1. The largest absolute Gasteiger partial charge is 0.356 e. The van der Waals surface area contributed by atoms with E-state index in [2.05, 4.69) is 14.9 Å². The van der Waals surface area contributed by atoms with E-state index in [1.54, 1.807) is 0 Å². The average molecular weight is 348 g/mol. The molecule has 1 aromatic heterocycles. The van der Waals surface area contributed by atoms with Crippen LogP contribution in [0.3, 0.4) is 0 Å². The molecule has 1 aliphatic rings. The molecule has 0 unspecified atom stereocenters. The molecule has 0 aromatic carbocycles. The van der Waals surface area contributed by atoms with E-state index in [4.69, 9.17) is 5.73 Å². The molecule has 2 rings (SSSR count). The number of aromatic amines is 1. The zero-order chi connectivity index (χ0) is 12.4. The second kappa shape index (κ2) is 5.34. The number of H-pyrrole nitrogens is 1. The highest BCUT2D eigenvalue weighted by atomic mass is 127. The van der Waals surface area contributed by atoms with Crippen molar-refractivity contribution < 1.29 is 0 Å². The van der Waals surface area contributed by atoms with Crippen LogP contribution in [0.1, 0.15) is 25.7 Å². The normalized spacial score (nSPS) is 24.6. The van der Waals surface area contributed by atoms with Crippen LogP contribution >= 0.6 is 22.6 Å². The molecule has 0 radical (unpaired) electrons. The van der Waals surface area contributed by atoms with Crippen LogP contribution in [0.5, 0.6) is 0 Å². The summed E-state index contributed by atoms with van der Waals surface area (Å²) < 4.78 is 0.655. The Morgan fingerprint density at radius 1 is 1.47 bits per heavy atom. The van der Waals surface area contributed by atoms with E-state index < -0.39 is 0 Å². The molecule has 1 aliphatic carbocycles. The van der Waals surface area contributed by atoms with Crippen LogP contribution < -0.4 is 16.2 Å². The molecule has 0 bridgehead atoms. The Balaban J connectivity index is 2.17. The fraction of sp³-hybridized carbons (Fsp3) is 0.636.